The van der Waals surface area contributed by atoms with Gasteiger partial charge in [0.25, 0.3) is 11.8 Å². The number of nitrogens with one attached hydrogen (secondary N) is 3. The minimum absolute atomic E-state index is 0.0196. The van der Waals surface area contributed by atoms with E-state index >= 15 is 0 Å². The second kappa shape index (κ2) is 13.5. The van der Waals surface area contributed by atoms with Crippen LogP contribution in [0.3, 0.4) is 0 Å². The summed E-state index contributed by atoms with van der Waals surface area (Å²) in [4.78, 5) is 40.6. The molecule has 43 heavy (non-hydrogen) atoms. The molecule has 4 unspecified atom stereocenters. The van der Waals surface area contributed by atoms with Crippen LogP contribution >= 0.6 is 0 Å². The Labute approximate surface area is 251 Å². The van der Waals surface area contributed by atoms with Gasteiger partial charge in [-0.3, -0.25) is 18.7 Å². The van der Waals surface area contributed by atoms with Crippen LogP contribution in [0.1, 0.15) is 64.6 Å². The van der Waals surface area contributed by atoms with E-state index in [9.17, 15) is 27.2 Å². The van der Waals surface area contributed by atoms with Crippen LogP contribution in [-0.4, -0.2) is 57.4 Å². The van der Waals surface area contributed by atoms with E-state index in [2.05, 4.69) is 16.0 Å². The number of carbonyl (C=O) groups excluding carboxylic acids is 3. The van der Waals surface area contributed by atoms with Gasteiger partial charge in [-0.05, 0) is 74.6 Å². The molecule has 4 rings (SSSR count). The summed E-state index contributed by atoms with van der Waals surface area (Å²) in [6, 6.07) is 17.6. The lowest BCUT2D eigenvalue weighted by Crippen LogP contribution is -2.50. The molecule has 3 aromatic carbocycles. The van der Waals surface area contributed by atoms with Gasteiger partial charge in [-0.2, -0.15) is 0 Å². The van der Waals surface area contributed by atoms with Gasteiger partial charge in [0.1, 0.15) is 5.82 Å². The Balaban J connectivity index is 1.64. The van der Waals surface area contributed by atoms with Crippen LogP contribution in [0.2, 0.25) is 0 Å². The summed E-state index contributed by atoms with van der Waals surface area (Å²) in [5.74, 6) is -1.73. The number of hydrogen-bond acceptors (Lipinski definition) is 6. The molecule has 0 spiro atoms. The molecule has 0 aromatic heterocycles. The van der Waals surface area contributed by atoms with Gasteiger partial charge in [0, 0.05) is 24.2 Å². The zero-order valence-electron chi connectivity index (χ0n) is 24.6. The largest absolute Gasteiger partial charge is 0.346 e. The third-order valence-electron chi connectivity index (χ3n) is 7.67. The normalized spacial score (nSPS) is 18.0. The molecule has 3 N–H and O–H groups in total. The lowest BCUT2D eigenvalue weighted by Gasteiger charge is -2.23. The standard InChI is InChI=1S/C32H37FN4O5S/c1-20-10-15-28(34-20)30(38)29(16-22-8-6-5-7-9-22)36-32(40)25-17-24(18-27(19-25)37(3)43(4,41)42)31(39)35-21(2)23-11-13-26(33)14-12-23/h5-9,11-14,17-21,28-29,34H,10,15-16H2,1-4H3,(H,35,39)(H,36,40). The Morgan fingerprint density at radius 2 is 1.56 bits per heavy atom. The smallest absolute Gasteiger partial charge is 0.251 e. The fourth-order valence-electron chi connectivity index (χ4n) is 5.07. The molecule has 228 valence electrons. The van der Waals surface area contributed by atoms with Gasteiger partial charge in [-0.15, -0.1) is 0 Å². The molecular weight excluding hydrogens is 571 g/mol. The zero-order valence-corrected chi connectivity index (χ0v) is 25.5. The number of amides is 2. The molecule has 2 amide bonds. The molecule has 0 bridgehead atoms. The molecule has 3 aromatic rings. The number of halogens is 1. The maximum absolute atomic E-state index is 13.7. The van der Waals surface area contributed by atoms with Gasteiger partial charge < -0.3 is 16.0 Å². The first-order chi connectivity index (χ1) is 20.3. The van der Waals surface area contributed by atoms with Crippen molar-refractivity contribution in [3.63, 3.8) is 0 Å². The van der Waals surface area contributed by atoms with Crippen molar-refractivity contribution in [2.75, 3.05) is 17.6 Å². The number of Topliss-reactive ketones (excluding diaryl/α,β-unsaturated/α-hetero) is 1. The molecule has 0 saturated carbocycles. The fourth-order valence-corrected chi connectivity index (χ4v) is 5.56. The van der Waals surface area contributed by atoms with E-state index in [-0.39, 0.29) is 35.1 Å². The first-order valence-electron chi connectivity index (χ1n) is 14.1. The van der Waals surface area contributed by atoms with E-state index in [1.54, 1.807) is 19.1 Å². The summed E-state index contributed by atoms with van der Waals surface area (Å²) in [5.41, 5.74) is 1.70. The maximum Gasteiger partial charge on any atom is 0.251 e. The molecule has 9 nitrogen and oxygen atoms in total. The van der Waals surface area contributed by atoms with E-state index < -0.39 is 45.8 Å². The number of nitrogens with zero attached hydrogens (tertiary/aromatic N) is 1. The number of ketones is 1. The summed E-state index contributed by atoms with van der Waals surface area (Å²) >= 11 is 0. The number of rotatable bonds is 11. The summed E-state index contributed by atoms with van der Waals surface area (Å²) in [7, 11) is -2.41. The maximum atomic E-state index is 13.7. The molecule has 0 aliphatic carbocycles. The first kappa shape index (κ1) is 31.8. The van der Waals surface area contributed by atoms with Crippen LogP contribution in [0.4, 0.5) is 10.1 Å². The predicted octanol–water partition coefficient (Wildman–Crippen LogP) is 3.76. The molecule has 1 fully saturated rings. The van der Waals surface area contributed by atoms with Crippen LogP contribution in [0.25, 0.3) is 0 Å². The second-order valence-electron chi connectivity index (χ2n) is 11.1. The Morgan fingerprint density at radius 3 is 2.12 bits per heavy atom. The molecule has 1 aliphatic rings. The SMILES string of the molecule is CC1CCC(C(=O)C(Cc2ccccc2)NC(=O)c2cc(C(=O)NC(C)c3ccc(F)cc3)cc(N(C)S(C)(=O)=O)c2)N1. The highest BCUT2D eigenvalue weighted by molar-refractivity contribution is 7.92. The van der Waals surface area contributed by atoms with E-state index in [1.165, 1.54) is 37.4 Å². The number of anilines is 1. The van der Waals surface area contributed by atoms with Gasteiger partial charge in [0.15, 0.2) is 5.78 Å². The highest BCUT2D eigenvalue weighted by atomic mass is 32.2. The molecule has 4 atom stereocenters. The Bertz CT molecular complexity index is 1580. The third-order valence-corrected chi connectivity index (χ3v) is 8.88. The minimum atomic E-state index is -3.73. The summed E-state index contributed by atoms with van der Waals surface area (Å²) in [6.45, 7) is 3.73. The van der Waals surface area contributed by atoms with Gasteiger partial charge in [0.05, 0.1) is 30.1 Å². The van der Waals surface area contributed by atoms with Crippen LogP contribution in [0.5, 0.6) is 0 Å². The highest BCUT2D eigenvalue weighted by Gasteiger charge is 2.33. The van der Waals surface area contributed by atoms with Crippen LogP contribution in [0.15, 0.2) is 72.8 Å². The van der Waals surface area contributed by atoms with Crippen molar-refractivity contribution in [3.05, 3.63) is 101 Å². The van der Waals surface area contributed by atoms with Crippen LogP contribution in [0, 0.1) is 5.82 Å². The van der Waals surface area contributed by atoms with Crippen molar-refractivity contribution in [1.82, 2.24) is 16.0 Å². The average molecular weight is 609 g/mol. The quantitative estimate of drug-likeness (QED) is 0.305. The molecule has 1 aliphatic heterocycles. The monoisotopic (exact) mass is 608 g/mol. The van der Waals surface area contributed by atoms with E-state index in [1.807, 2.05) is 37.3 Å². The number of benzene rings is 3. The van der Waals surface area contributed by atoms with E-state index in [0.29, 0.717) is 12.0 Å². The predicted molar refractivity (Wildman–Crippen MR) is 164 cm³/mol. The van der Waals surface area contributed by atoms with Crippen molar-refractivity contribution in [3.8, 4) is 0 Å². The summed E-state index contributed by atoms with van der Waals surface area (Å²) in [5, 5.41) is 8.95. The number of sulfonamides is 1. The second-order valence-corrected chi connectivity index (χ2v) is 13.1. The average Bonchev–Trinajstić information content (AvgIpc) is 3.42. The first-order valence-corrected chi connectivity index (χ1v) is 16.0. The van der Waals surface area contributed by atoms with E-state index in [0.717, 1.165) is 22.5 Å². The third kappa shape index (κ3) is 8.26. The Hall–Kier alpha value is -4.09. The molecule has 1 saturated heterocycles. The van der Waals surface area contributed by atoms with Gasteiger partial charge in [-0.25, -0.2) is 12.8 Å². The molecular formula is C32H37FN4O5S. The number of hydrogen-bond donors (Lipinski definition) is 3. The molecule has 0 radical (unpaired) electrons. The zero-order chi connectivity index (χ0) is 31.3. The van der Waals surface area contributed by atoms with Crippen molar-refractivity contribution in [2.24, 2.45) is 0 Å². The Kier molecular flexibility index (Phi) is 9.98. The molecule has 1 heterocycles. The van der Waals surface area contributed by atoms with Crippen molar-refractivity contribution >= 4 is 33.3 Å². The minimum Gasteiger partial charge on any atom is -0.346 e. The summed E-state index contributed by atoms with van der Waals surface area (Å²) < 4.78 is 39.1. The fraction of sp³-hybridized carbons (Fsp3) is 0.344. The summed E-state index contributed by atoms with van der Waals surface area (Å²) in [6.07, 6.45) is 2.78. The van der Waals surface area contributed by atoms with Crippen LogP contribution in [-0.2, 0) is 21.2 Å². The van der Waals surface area contributed by atoms with Gasteiger partial charge >= 0.3 is 0 Å². The van der Waals surface area contributed by atoms with Gasteiger partial charge in [-0.1, -0.05) is 42.5 Å². The van der Waals surface area contributed by atoms with Gasteiger partial charge in [0.2, 0.25) is 10.0 Å². The lowest BCUT2D eigenvalue weighted by molar-refractivity contribution is -0.122. The topological polar surface area (TPSA) is 125 Å². The van der Waals surface area contributed by atoms with Crippen LogP contribution < -0.4 is 20.3 Å². The highest BCUT2D eigenvalue weighted by Crippen LogP contribution is 2.23. The van der Waals surface area contributed by atoms with Crippen molar-refractivity contribution in [2.45, 2.75) is 57.3 Å². The Morgan fingerprint density at radius 1 is 0.953 bits per heavy atom. The number of carbonyl (C=O) groups is 3. The van der Waals surface area contributed by atoms with Crippen molar-refractivity contribution in [1.29, 1.82) is 0 Å². The van der Waals surface area contributed by atoms with E-state index in [4.69, 9.17) is 0 Å². The van der Waals surface area contributed by atoms with Crippen molar-refractivity contribution < 1.29 is 27.2 Å². The molecule has 11 heteroatoms. The lowest BCUT2D eigenvalue weighted by atomic mass is 9.96.